The summed E-state index contributed by atoms with van der Waals surface area (Å²) in [5, 5.41) is 4.73. The second-order valence-corrected chi connectivity index (χ2v) is 6.10. The number of hydrogen-bond acceptors (Lipinski definition) is 2. The van der Waals surface area contributed by atoms with E-state index in [1.54, 1.807) is 0 Å². The van der Waals surface area contributed by atoms with E-state index in [1.165, 1.54) is 38.9 Å². The van der Waals surface area contributed by atoms with E-state index in [0.29, 0.717) is 6.54 Å². The molecule has 0 fully saturated rings. The Labute approximate surface area is 136 Å². The maximum Gasteiger partial charge on any atom is 0.0498 e. The van der Waals surface area contributed by atoms with Gasteiger partial charge in [0, 0.05) is 34.4 Å². The van der Waals surface area contributed by atoms with Crippen molar-refractivity contribution in [2.24, 2.45) is 5.73 Å². The van der Waals surface area contributed by atoms with E-state index >= 15 is 0 Å². The fourth-order valence-electron chi connectivity index (χ4n) is 3.55. The zero-order chi connectivity index (χ0) is 15.8. The molecule has 2 aromatic carbocycles. The van der Waals surface area contributed by atoms with Gasteiger partial charge in [0.2, 0.25) is 0 Å². The van der Waals surface area contributed by atoms with Crippen LogP contribution in [0.25, 0.3) is 27.9 Å². The van der Waals surface area contributed by atoms with Crippen molar-refractivity contribution in [3.63, 3.8) is 0 Å². The van der Waals surface area contributed by atoms with E-state index in [1.807, 2.05) is 0 Å². The standard InChI is InChI=1S/C20H21N3/c1-13-16-6-3-7-18-19(16)17(9-11-22-13)20(23-18)15-5-2-4-14(12-15)8-10-21/h2-7,12,22-23H,1,8-11,21H2. The predicted octanol–water partition coefficient (Wildman–Crippen LogP) is 3.45. The number of nitrogens with one attached hydrogen (secondary N) is 2. The molecule has 0 aliphatic carbocycles. The fraction of sp³-hybridized carbons (Fsp3) is 0.200. The van der Waals surface area contributed by atoms with Gasteiger partial charge in [-0.05, 0) is 48.2 Å². The molecule has 0 radical (unpaired) electrons. The second kappa shape index (κ2) is 5.60. The number of H-pyrrole nitrogens is 1. The lowest BCUT2D eigenvalue weighted by molar-refractivity contribution is 0.863. The predicted molar refractivity (Wildman–Crippen MR) is 97.2 cm³/mol. The molecule has 0 bridgehead atoms. The highest BCUT2D eigenvalue weighted by Gasteiger charge is 2.19. The second-order valence-electron chi connectivity index (χ2n) is 6.10. The third-order valence-corrected chi connectivity index (χ3v) is 4.61. The van der Waals surface area contributed by atoms with E-state index in [2.05, 4.69) is 59.3 Å². The Morgan fingerprint density at radius 1 is 1.13 bits per heavy atom. The molecule has 0 amide bonds. The molecule has 0 spiro atoms. The molecule has 1 aliphatic rings. The van der Waals surface area contributed by atoms with Gasteiger partial charge < -0.3 is 16.0 Å². The number of hydrogen-bond donors (Lipinski definition) is 3. The number of benzene rings is 2. The summed E-state index contributed by atoms with van der Waals surface area (Å²) in [6.45, 7) is 5.77. The number of aromatic nitrogens is 1. The van der Waals surface area contributed by atoms with Crippen molar-refractivity contribution in [3.8, 4) is 11.3 Å². The Bertz CT molecular complexity index is 889. The highest BCUT2D eigenvalue weighted by Crippen LogP contribution is 2.36. The molecule has 0 unspecified atom stereocenters. The molecule has 3 heteroatoms. The molecule has 3 aromatic rings. The zero-order valence-electron chi connectivity index (χ0n) is 13.2. The van der Waals surface area contributed by atoms with Gasteiger partial charge in [0.15, 0.2) is 0 Å². The van der Waals surface area contributed by atoms with Crippen molar-refractivity contribution < 1.29 is 0 Å². The van der Waals surface area contributed by atoms with E-state index in [0.717, 1.165) is 25.1 Å². The molecule has 4 rings (SSSR count). The Hall–Kier alpha value is -2.52. The summed E-state index contributed by atoms with van der Waals surface area (Å²) in [5.41, 5.74) is 14.2. The van der Waals surface area contributed by atoms with Crippen LogP contribution < -0.4 is 11.1 Å². The molecule has 3 nitrogen and oxygen atoms in total. The van der Waals surface area contributed by atoms with E-state index in [9.17, 15) is 0 Å². The topological polar surface area (TPSA) is 53.8 Å². The lowest BCUT2D eigenvalue weighted by Gasteiger charge is -2.07. The molecule has 4 N–H and O–H groups in total. The first kappa shape index (κ1) is 14.1. The van der Waals surface area contributed by atoms with Gasteiger partial charge in [-0.2, -0.15) is 0 Å². The molecule has 116 valence electrons. The molecule has 2 heterocycles. The van der Waals surface area contributed by atoms with Crippen molar-refractivity contribution in [3.05, 3.63) is 65.7 Å². The van der Waals surface area contributed by atoms with Gasteiger partial charge in [-0.25, -0.2) is 0 Å². The van der Waals surface area contributed by atoms with Crippen molar-refractivity contribution in [2.75, 3.05) is 13.1 Å². The number of nitrogens with two attached hydrogens (primary N) is 1. The first-order valence-electron chi connectivity index (χ1n) is 8.14. The summed E-state index contributed by atoms with van der Waals surface area (Å²) in [6.07, 6.45) is 1.90. The van der Waals surface area contributed by atoms with Crippen molar-refractivity contribution >= 4 is 16.6 Å². The van der Waals surface area contributed by atoms with Crippen LogP contribution >= 0.6 is 0 Å². The van der Waals surface area contributed by atoms with Crippen LogP contribution in [0.1, 0.15) is 16.7 Å². The van der Waals surface area contributed by atoms with E-state index < -0.39 is 0 Å². The maximum atomic E-state index is 5.71. The van der Waals surface area contributed by atoms with Gasteiger partial charge in [-0.15, -0.1) is 0 Å². The van der Waals surface area contributed by atoms with Crippen LogP contribution in [0.2, 0.25) is 0 Å². The summed E-state index contributed by atoms with van der Waals surface area (Å²) >= 11 is 0. The van der Waals surface area contributed by atoms with Gasteiger partial charge in [-0.1, -0.05) is 36.9 Å². The minimum atomic E-state index is 0.677. The Morgan fingerprint density at radius 2 is 2.00 bits per heavy atom. The van der Waals surface area contributed by atoms with Crippen molar-refractivity contribution in [1.82, 2.24) is 10.3 Å². The molecule has 1 aromatic heterocycles. The lowest BCUT2D eigenvalue weighted by atomic mass is 9.98. The van der Waals surface area contributed by atoms with Crippen LogP contribution in [-0.2, 0) is 12.8 Å². The van der Waals surface area contributed by atoms with Crippen LogP contribution in [-0.4, -0.2) is 18.1 Å². The first-order valence-corrected chi connectivity index (χ1v) is 8.14. The highest BCUT2D eigenvalue weighted by atomic mass is 14.9. The van der Waals surface area contributed by atoms with Crippen LogP contribution in [0.4, 0.5) is 0 Å². The number of aromatic amines is 1. The van der Waals surface area contributed by atoms with Gasteiger partial charge in [0.05, 0.1) is 0 Å². The smallest absolute Gasteiger partial charge is 0.0498 e. The summed E-state index contributed by atoms with van der Waals surface area (Å²) in [5.74, 6) is 0. The Morgan fingerprint density at radius 3 is 2.87 bits per heavy atom. The van der Waals surface area contributed by atoms with Crippen molar-refractivity contribution in [2.45, 2.75) is 12.8 Å². The summed E-state index contributed by atoms with van der Waals surface area (Å²) in [7, 11) is 0. The van der Waals surface area contributed by atoms with E-state index in [4.69, 9.17) is 5.73 Å². The van der Waals surface area contributed by atoms with Crippen LogP contribution in [0.5, 0.6) is 0 Å². The average Bonchev–Trinajstić information content (AvgIpc) is 2.85. The Kier molecular flexibility index (Phi) is 3.43. The quantitative estimate of drug-likeness (QED) is 0.694. The average molecular weight is 303 g/mol. The lowest BCUT2D eigenvalue weighted by Crippen LogP contribution is -2.12. The zero-order valence-corrected chi connectivity index (χ0v) is 13.2. The number of rotatable bonds is 3. The maximum absolute atomic E-state index is 5.71. The summed E-state index contributed by atoms with van der Waals surface area (Å²) in [6, 6.07) is 15.1. The SMILES string of the molecule is C=C1NCCc2c(-c3cccc(CCN)c3)[nH]c3cccc1c23. The van der Waals surface area contributed by atoms with Gasteiger partial charge >= 0.3 is 0 Å². The molecule has 0 saturated heterocycles. The first-order chi connectivity index (χ1) is 11.3. The normalized spacial score (nSPS) is 13.9. The Balaban J connectivity index is 1.94. The third-order valence-electron chi connectivity index (χ3n) is 4.61. The van der Waals surface area contributed by atoms with Crippen molar-refractivity contribution in [1.29, 1.82) is 0 Å². The molecular formula is C20H21N3. The van der Waals surface area contributed by atoms with Gasteiger partial charge in [-0.3, -0.25) is 0 Å². The minimum Gasteiger partial charge on any atom is -0.385 e. The highest BCUT2D eigenvalue weighted by molar-refractivity contribution is 5.99. The fourth-order valence-corrected chi connectivity index (χ4v) is 3.55. The van der Waals surface area contributed by atoms with E-state index in [-0.39, 0.29) is 0 Å². The molecule has 0 atom stereocenters. The monoisotopic (exact) mass is 303 g/mol. The third kappa shape index (κ3) is 2.34. The largest absolute Gasteiger partial charge is 0.385 e. The van der Waals surface area contributed by atoms with Crippen LogP contribution in [0.15, 0.2) is 49.0 Å². The molecule has 23 heavy (non-hydrogen) atoms. The van der Waals surface area contributed by atoms with Crippen LogP contribution in [0.3, 0.4) is 0 Å². The van der Waals surface area contributed by atoms with Crippen LogP contribution in [0, 0.1) is 0 Å². The molecule has 1 aliphatic heterocycles. The minimum absolute atomic E-state index is 0.677. The van der Waals surface area contributed by atoms with Gasteiger partial charge in [0.1, 0.15) is 0 Å². The molecular weight excluding hydrogens is 282 g/mol. The summed E-state index contributed by atoms with van der Waals surface area (Å²) < 4.78 is 0. The van der Waals surface area contributed by atoms with Gasteiger partial charge in [0.25, 0.3) is 0 Å². The summed E-state index contributed by atoms with van der Waals surface area (Å²) in [4.78, 5) is 3.63. The molecule has 0 saturated carbocycles.